The summed E-state index contributed by atoms with van der Waals surface area (Å²) in [5.41, 5.74) is -0.0279. The van der Waals surface area contributed by atoms with Gasteiger partial charge in [0.1, 0.15) is 0 Å². The van der Waals surface area contributed by atoms with Crippen LogP contribution in [0.2, 0.25) is 0 Å². The molecule has 0 amide bonds. The first-order chi connectivity index (χ1) is 10.7. The zero-order valence-corrected chi connectivity index (χ0v) is 15.9. The summed E-state index contributed by atoms with van der Waals surface area (Å²) in [4.78, 5) is 23.3. The molecule has 0 saturated carbocycles. The Kier molecular flexibility index (Phi) is 10.9. The molecule has 23 heavy (non-hydrogen) atoms. The Morgan fingerprint density at radius 2 is 1.39 bits per heavy atom. The van der Waals surface area contributed by atoms with Gasteiger partial charge in [-0.15, -0.1) is 0 Å². The predicted octanol–water partition coefficient (Wildman–Crippen LogP) is 4.75. The van der Waals surface area contributed by atoms with Crippen LogP contribution in [0.4, 0.5) is 0 Å². The van der Waals surface area contributed by atoms with Crippen LogP contribution in [0.5, 0.6) is 0 Å². The van der Waals surface area contributed by atoms with Gasteiger partial charge in [0.15, 0.2) is 0 Å². The van der Waals surface area contributed by atoms with Gasteiger partial charge in [0.05, 0.1) is 26.1 Å². The highest BCUT2D eigenvalue weighted by atomic mass is 16.5. The molecule has 4 nitrogen and oxygen atoms in total. The van der Waals surface area contributed by atoms with Gasteiger partial charge in [-0.1, -0.05) is 67.2 Å². The van der Waals surface area contributed by atoms with Crippen molar-refractivity contribution < 1.29 is 19.1 Å². The molecule has 0 unspecified atom stereocenters. The normalized spacial score (nSPS) is 11.8. The van der Waals surface area contributed by atoms with E-state index < -0.39 is 0 Å². The molecule has 0 fully saturated rings. The Hall–Kier alpha value is -1.06. The molecular formula is C19H36O4. The maximum atomic E-state index is 11.8. The van der Waals surface area contributed by atoms with Crippen molar-refractivity contribution >= 4 is 11.9 Å². The monoisotopic (exact) mass is 328 g/mol. The summed E-state index contributed by atoms with van der Waals surface area (Å²) in [5, 5.41) is 0. The maximum Gasteiger partial charge on any atom is 0.306 e. The Morgan fingerprint density at radius 1 is 0.913 bits per heavy atom. The molecule has 0 saturated heterocycles. The van der Waals surface area contributed by atoms with Gasteiger partial charge < -0.3 is 9.47 Å². The van der Waals surface area contributed by atoms with Crippen molar-refractivity contribution in [1.82, 2.24) is 0 Å². The lowest BCUT2D eigenvalue weighted by Crippen LogP contribution is -2.30. The Morgan fingerprint density at radius 3 is 1.83 bits per heavy atom. The second-order valence-corrected chi connectivity index (χ2v) is 7.50. The van der Waals surface area contributed by atoms with Crippen LogP contribution in [0.3, 0.4) is 0 Å². The van der Waals surface area contributed by atoms with Crippen LogP contribution < -0.4 is 0 Å². The first-order valence-electron chi connectivity index (χ1n) is 9.04. The van der Waals surface area contributed by atoms with Gasteiger partial charge in [0, 0.05) is 5.41 Å². The maximum absolute atomic E-state index is 11.8. The minimum Gasteiger partial charge on any atom is -0.465 e. The van der Waals surface area contributed by atoms with Gasteiger partial charge in [-0.3, -0.25) is 9.59 Å². The van der Waals surface area contributed by atoms with E-state index in [1.807, 2.05) is 13.8 Å². The molecule has 0 spiro atoms. The topological polar surface area (TPSA) is 52.6 Å². The highest BCUT2D eigenvalue weighted by Crippen LogP contribution is 2.34. The molecule has 0 heterocycles. The fraction of sp³-hybridized carbons (Fsp3) is 0.895. The summed E-state index contributed by atoms with van der Waals surface area (Å²) in [6.07, 6.45) is 4.78. The van der Waals surface area contributed by atoms with E-state index in [0.717, 1.165) is 25.7 Å². The van der Waals surface area contributed by atoms with E-state index in [2.05, 4.69) is 27.7 Å². The number of carbonyl (C=O) groups excluding carboxylic acids is 2. The van der Waals surface area contributed by atoms with Crippen LogP contribution >= 0.6 is 0 Å². The third-order valence-corrected chi connectivity index (χ3v) is 4.10. The van der Waals surface area contributed by atoms with E-state index in [9.17, 15) is 9.59 Å². The third-order valence-electron chi connectivity index (χ3n) is 4.10. The van der Waals surface area contributed by atoms with Gasteiger partial charge in [-0.2, -0.15) is 0 Å². The lowest BCUT2D eigenvalue weighted by molar-refractivity contribution is -0.153. The zero-order chi connectivity index (χ0) is 17.9. The molecule has 0 aromatic rings. The molecule has 0 bridgehead atoms. The second kappa shape index (κ2) is 11.5. The first-order valence-corrected chi connectivity index (χ1v) is 9.04. The van der Waals surface area contributed by atoms with Gasteiger partial charge in [-0.25, -0.2) is 0 Å². The van der Waals surface area contributed by atoms with Crippen LogP contribution in [0.1, 0.15) is 80.1 Å². The second-order valence-electron chi connectivity index (χ2n) is 7.50. The molecule has 0 aliphatic carbocycles. The predicted molar refractivity (Wildman–Crippen MR) is 93.1 cm³/mol. The minimum absolute atomic E-state index is 0.0279. The molecule has 0 aliphatic heterocycles. The van der Waals surface area contributed by atoms with Crippen molar-refractivity contribution in [1.29, 1.82) is 0 Å². The lowest BCUT2D eigenvalue weighted by Gasteiger charge is -2.33. The summed E-state index contributed by atoms with van der Waals surface area (Å²) in [7, 11) is 0. The highest BCUT2D eigenvalue weighted by molar-refractivity contribution is 5.77. The van der Waals surface area contributed by atoms with Crippen LogP contribution in [0, 0.1) is 17.3 Å². The summed E-state index contributed by atoms with van der Waals surface area (Å²) in [6, 6.07) is 0. The van der Waals surface area contributed by atoms with Crippen LogP contribution in [0.25, 0.3) is 0 Å². The third kappa shape index (κ3) is 10.4. The van der Waals surface area contributed by atoms with E-state index in [-0.39, 0.29) is 30.2 Å². The smallest absolute Gasteiger partial charge is 0.306 e. The average molecular weight is 328 g/mol. The fourth-order valence-electron chi connectivity index (χ4n) is 2.62. The Labute approximate surface area is 142 Å². The minimum atomic E-state index is -0.329. The summed E-state index contributed by atoms with van der Waals surface area (Å²) in [6.45, 7) is 13.5. The SMILES string of the molecule is CCCC(CCC)C(C)(C)COC(=O)CCC(=O)OCC(C)C. The number of hydrogen-bond donors (Lipinski definition) is 0. The van der Waals surface area contributed by atoms with E-state index in [0.29, 0.717) is 25.0 Å². The summed E-state index contributed by atoms with van der Waals surface area (Å²) in [5.74, 6) is 0.221. The molecule has 0 atom stereocenters. The van der Waals surface area contributed by atoms with E-state index in [1.165, 1.54) is 0 Å². The number of esters is 2. The highest BCUT2D eigenvalue weighted by Gasteiger charge is 2.29. The van der Waals surface area contributed by atoms with Gasteiger partial charge in [-0.05, 0) is 11.8 Å². The Bertz CT molecular complexity index is 341. The van der Waals surface area contributed by atoms with Crippen LogP contribution in [-0.4, -0.2) is 25.2 Å². The van der Waals surface area contributed by atoms with Crippen molar-refractivity contribution in [2.24, 2.45) is 17.3 Å². The fourth-order valence-corrected chi connectivity index (χ4v) is 2.62. The van der Waals surface area contributed by atoms with Crippen LogP contribution in [0.15, 0.2) is 0 Å². The molecule has 4 heteroatoms. The summed E-state index contributed by atoms with van der Waals surface area (Å²) < 4.78 is 10.5. The van der Waals surface area contributed by atoms with Crippen LogP contribution in [-0.2, 0) is 19.1 Å². The number of hydrogen-bond acceptors (Lipinski definition) is 4. The molecule has 0 aliphatic rings. The van der Waals surface area contributed by atoms with Gasteiger partial charge in [0.25, 0.3) is 0 Å². The molecule has 0 N–H and O–H groups in total. The molecular weight excluding hydrogens is 292 g/mol. The zero-order valence-electron chi connectivity index (χ0n) is 15.9. The standard InChI is InChI=1S/C19H36O4/c1-7-9-16(10-8-2)19(5,6)14-23-18(21)12-11-17(20)22-13-15(3)4/h15-16H,7-14H2,1-6H3. The molecule has 0 aromatic heterocycles. The lowest BCUT2D eigenvalue weighted by atomic mass is 9.75. The average Bonchev–Trinajstić information content (AvgIpc) is 2.48. The summed E-state index contributed by atoms with van der Waals surface area (Å²) >= 11 is 0. The van der Waals surface area contributed by atoms with Crippen molar-refractivity contribution in [2.45, 2.75) is 80.1 Å². The molecule has 0 radical (unpaired) electrons. The van der Waals surface area contributed by atoms with E-state index in [4.69, 9.17) is 9.47 Å². The van der Waals surface area contributed by atoms with Crippen molar-refractivity contribution in [3.63, 3.8) is 0 Å². The molecule has 0 rings (SSSR count). The largest absolute Gasteiger partial charge is 0.465 e. The Balaban J connectivity index is 4.17. The van der Waals surface area contributed by atoms with Crippen molar-refractivity contribution in [3.05, 3.63) is 0 Å². The number of carbonyl (C=O) groups is 2. The van der Waals surface area contributed by atoms with Gasteiger partial charge in [0.2, 0.25) is 0 Å². The number of ether oxygens (including phenoxy) is 2. The van der Waals surface area contributed by atoms with Gasteiger partial charge >= 0.3 is 11.9 Å². The van der Waals surface area contributed by atoms with Crippen molar-refractivity contribution in [2.75, 3.05) is 13.2 Å². The first kappa shape index (κ1) is 21.9. The quantitative estimate of drug-likeness (QED) is 0.485. The van der Waals surface area contributed by atoms with Crippen molar-refractivity contribution in [3.8, 4) is 0 Å². The molecule has 0 aromatic carbocycles. The van der Waals surface area contributed by atoms with E-state index >= 15 is 0 Å². The van der Waals surface area contributed by atoms with E-state index in [1.54, 1.807) is 0 Å². The molecule has 136 valence electrons. The number of rotatable bonds is 12.